The molecule has 40 heavy (non-hydrogen) atoms. The SMILES string of the molecule is CCS(=O)(=O)c1cccc(OCC(O)CN[C@H]2COC3(CCN(S(=O)(=O)c4ccc5ncccc5c4)CC3)C2)c1. The van der Waals surface area contributed by atoms with Crippen molar-refractivity contribution in [2.75, 3.05) is 38.6 Å². The second-order valence-electron chi connectivity index (χ2n) is 10.4. The van der Waals surface area contributed by atoms with Crippen molar-refractivity contribution in [3.8, 4) is 5.75 Å². The van der Waals surface area contributed by atoms with Gasteiger partial charge in [-0.1, -0.05) is 19.1 Å². The van der Waals surface area contributed by atoms with Crippen LogP contribution in [0.1, 0.15) is 26.2 Å². The van der Waals surface area contributed by atoms with Crippen molar-refractivity contribution in [3.05, 3.63) is 60.8 Å². The molecule has 0 bridgehead atoms. The summed E-state index contributed by atoms with van der Waals surface area (Å²) in [5, 5.41) is 14.5. The molecule has 3 heterocycles. The van der Waals surface area contributed by atoms with E-state index in [1.165, 1.54) is 16.4 Å². The summed E-state index contributed by atoms with van der Waals surface area (Å²) < 4.78 is 64.1. The highest BCUT2D eigenvalue weighted by Gasteiger charge is 2.44. The number of nitrogens with zero attached hydrogens (tertiary/aromatic N) is 2. The van der Waals surface area contributed by atoms with E-state index in [9.17, 15) is 21.9 Å². The lowest BCUT2D eigenvalue weighted by Crippen LogP contribution is -2.47. The molecule has 2 fully saturated rings. The fraction of sp³-hybridized carbons (Fsp3) is 0.464. The molecule has 0 saturated carbocycles. The topological polar surface area (TPSA) is 135 Å². The van der Waals surface area contributed by atoms with Crippen LogP contribution in [0.5, 0.6) is 5.75 Å². The average molecular weight is 590 g/mol. The van der Waals surface area contributed by atoms with E-state index in [1.807, 2.05) is 6.07 Å². The van der Waals surface area contributed by atoms with Crippen LogP contribution in [0.15, 0.2) is 70.6 Å². The number of sulfonamides is 1. The minimum atomic E-state index is -3.62. The van der Waals surface area contributed by atoms with Crippen molar-refractivity contribution in [1.29, 1.82) is 0 Å². The normalized spacial score (nSPS) is 20.6. The first-order valence-corrected chi connectivity index (χ1v) is 16.6. The third-order valence-electron chi connectivity index (χ3n) is 7.68. The van der Waals surface area contributed by atoms with Gasteiger partial charge in [0.2, 0.25) is 10.0 Å². The predicted molar refractivity (Wildman–Crippen MR) is 150 cm³/mol. The molecule has 2 aliphatic rings. The predicted octanol–water partition coefficient (Wildman–Crippen LogP) is 2.37. The number of aromatic nitrogens is 1. The van der Waals surface area contributed by atoms with Crippen LogP contribution in [-0.2, 0) is 24.6 Å². The van der Waals surface area contributed by atoms with Gasteiger partial charge >= 0.3 is 0 Å². The molecule has 2 saturated heterocycles. The summed E-state index contributed by atoms with van der Waals surface area (Å²) >= 11 is 0. The van der Waals surface area contributed by atoms with E-state index in [1.54, 1.807) is 49.5 Å². The van der Waals surface area contributed by atoms with E-state index >= 15 is 0 Å². The number of rotatable bonds is 10. The largest absolute Gasteiger partial charge is 0.491 e. The Kier molecular flexibility index (Phi) is 8.46. The maximum atomic E-state index is 13.3. The van der Waals surface area contributed by atoms with Crippen molar-refractivity contribution in [1.82, 2.24) is 14.6 Å². The zero-order chi connectivity index (χ0) is 28.4. The lowest BCUT2D eigenvalue weighted by molar-refractivity contribution is -0.0312. The molecule has 2 aliphatic heterocycles. The third-order valence-corrected chi connectivity index (χ3v) is 11.3. The van der Waals surface area contributed by atoms with Crippen LogP contribution in [-0.4, -0.2) is 87.6 Å². The molecule has 0 aliphatic carbocycles. The summed E-state index contributed by atoms with van der Waals surface area (Å²) in [6.07, 6.45) is 2.81. The van der Waals surface area contributed by atoms with Crippen molar-refractivity contribution in [2.24, 2.45) is 0 Å². The number of fused-ring (bicyclic) bond motifs is 1. The van der Waals surface area contributed by atoms with Gasteiger partial charge in [-0.25, -0.2) is 16.8 Å². The summed E-state index contributed by atoms with van der Waals surface area (Å²) in [5.74, 6) is 0.392. The minimum absolute atomic E-state index is 0.00413. The highest BCUT2D eigenvalue weighted by molar-refractivity contribution is 7.91. The molecule has 0 amide bonds. The second kappa shape index (κ2) is 11.7. The molecular weight excluding hydrogens is 554 g/mol. The van der Waals surface area contributed by atoms with E-state index in [4.69, 9.17) is 9.47 Å². The zero-order valence-electron chi connectivity index (χ0n) is 22.4. The van der Waals surface area contributed by atoms with E-state index < -0.39 is 26.0 Å². The van der Waals surface area contributed by atoms with Crippen molar-refractivity contribution >= 4 is 30.8 Å². The molecule has 1 spiro atoms. The fourth-order valence-electron chi connectivity index (χ4n) is 5.30. The molecule has 1 unspecified atom stereocenters. The average Bonchev–Trinajstić information content (AvgIpc) is 3.37. The van der Waals surface area contributed by atoms with Crippen LogP contribution >= 0.6 is 0 Å². The Balaban J connectivity index is 1.09. The van der Waals surface area contributed by atoms with Gasteiger partial charge in [0.05, 0.1) is 33.3 Å². The molecule has 1 aromatic heterocycles. The molecule has 5 rings (SSSR count). The quantitative estimate of drug-likeness (QED) is 0.365. The third kappa shape index (κ3) is 6.32. The number of pyridine rings is 1. The molecule has 2 aromatic carbocycles. The molecule has 2 N–H and O–H groups in total. The van der Waals surface area contributed by atoms with Gasteiger partial charge in [0.15, 0.2) is 9.84 Å². The van der Waals surface area contributed by atoms with Gasteiger partial charge in [-0.2, -0.15) is 4.31 Å². The highest BCUT2D eigenvalue weighted by Crippen LogP contribution is 2.37. The first-order chi connectivity index (χ1) is 19.1. The number of aliphatic hydroxyl groups is 1. The van der Waals surface area contributed by atoms with Gasteiger partial charge in [-0.05, 0) is 61.7 Å². The number of hydrogen-bond donors (Lipinski definition) is 2. The van der Waals surface area contributed by atoms with Crippen LogP contribution in [0.3, 0.4) is 0 Å². The standard InChI is InChI=1S/C28H35N3O7S2/c1-2-39(33,34)25-7-3-6-24(16-25)37-20-23(32)18-30-22-17-28(38-19-22)10-13-31(14-11-28)40(35,36)26-8-9-27-21(15-26)5-4-12-29-27/h3-9,12,15-16,22-23,30,32H,2,10-11,13-14,17-20H2,1H3/t22-,23?/m1/s1. The number of benzene rings is 2. The summed E-state index contributed by atoms with van der Waals surface area (Å²) in [6, 6.07) is 15.0. The minimum Gasteiger partial charge on any atom is -0.491 e. The van der Waals surface area contributed by atoms with Crippen LogP contribution < -0.4 is 10.1 Å². The fourth-order valence-corrected chi connectivity index (χ4v) is 7.69. The second-order valence-corrected chi connectivity index (χ2v) is 14.6. The van der Waals surface area contributed by atoms with E-state index in [-0.39, 0.29) is 40.3 Å². The van der Waals surface area contributed by atoms with Crippen molar-refractivity contribution in [3.63, 3.8) is 0 Å². The number of aliphatic hydroxyl groups excluding tert-OH is 1. The lowest BCUT2D eigenvalue weighted by atomic mass is 9.88. The van der Waals surface area contributed by atoms with Crippen molar-refractivity contribution < 1.29 is 31.4 Å². The Bertz CT molecular complexity index is 1550. The maximum absolute atomic E-state index is 13.3. The molecule has 3 aromatic rings. The van der Waals surface area contributed by atoms with E-state index in [0.29, 0.717) is 38.3 Å². The van der Waals surface area contributed by atoms with Gasteiger partial charge < -0.3 is 19.9 Å². The Morgan fingerprint density at radius 3 is 2.67 bits per heavy atom. The summed E-state index contributed by atoms with van der Waals surface area (Å²) in [5.41, 5.74) is 0.370. The molecule has 10 nitrogen and oxygen atoms in total. The van der Waals surface area contributed by atoms with Gasteiger partial charge in [-0.3, -0.25) is 4.98 Å². The number of piperidine rings is 1. The summed E-state index contributed by atoms with van der Waals surface area (Å²) in [4.78, 5) is 4.73. The first-order valence-electron chi connectivity index (χ1n) is 13.5. The highest BCUT2D eigenvalue weighted by atomic mass is 32.2. The van der Waals surface area contributed by atoms with Crippen molar-refractivity contribution in [2.45, 2.75) is 53.7 Å². The Morgan fingerprint density at radius 1 is 1.10 bits per heavy atom. The smallest absolute Gasteiger partial charge is 0.243 e. The van der Waals surface area contributed by atoms with E-state index in [0.717, 1.165) is 17.3 Å². The molecule has 2 atom stereocenters. The maximum Gasteiger partial charge on any atom is 0.243 e. The summed E-state index contributed by atoms with van der Waals surface area (Å²) in [7, 11) is -6.96. The van der Waals surface area contributed by atoms with Crippen LogP contribution in [0.25, 0.3) is 10.9 Å². The van der Waals surface area contributed by atoms with E-state index in [2.05, 4.69) is 10.3 Å². The Labute approximate surface area is 235 Å². The monoisotopic (exact) mass is 589 g/mol. The zero-order valence-corrected chi connectivity index (χ0v) is 24.0. The van der Waals surface area contributed by atoms with Crippen LogP contribution in [0, 0.1) is 0 Å². The molecule has 0 radical (unpaired) electrons. The number of hydrogen-bond acceptors (Lipinski definition) is 9. The molecule has 216 valence electrons. The number of sulfone groups is 1. The van der Waals surface area contributed by atoms with Crippen LogP contribution in [0.4, 0.5) is 0 Å². The number of nitrogens with one attached hydrogen (secondary N) is 1. The lowest BCUT2D eigenvalue weighted by Gasteiger charge is -2.38. The van der Waals surface area contributed by atoms with Gasteiger partial charge in [0.1, 0.15) is 18.5 Å². The first kappa shape index (κ1) is 28.9. The van der Waals surface area contributed by atoms with Gasteiger partial charge in [0.25, 0.3) is 0 Å². The number of ether oxygens (including phenoxy) is 2. The van der Waals surface area contributed by atoms with Gasteiger partial charge in [-0.15, -0.1) is 0 Å². The Hall–Kier alpha value is -2.61. The van der Waals surface area contributed by atoms with Crippen LogP contribution in [0.2, 0.25) is 0 Å². The Morgan fingerprint density at radius 2 is 1.90 bits per heavy atom. The van der Waals surface area contributed by atoms with Gasteiger partial charge in [0, 0.05) is 37.3 Å². The molecule has 12 heteroatoms. The summed E-state index contributed by atoms with van der Waals surface area (Å²) in [6.45, 7) is 3.12. The molecular formula is C28H35N3O7S2.